The van der Waals surface area contributed by atoms with Crippen LogP contribution in [-0.2, 0) is 11.2 Å². The number of hydrogen-bond acceptors (Lipinski definition) is 6. The minimum atomic E-state index is -0.840. The van der Waals surface area contributed by atoms with Gasteiger partial charge in [-0.15, -0.1) is 10.2 Å². The summed E-state index contributed by atoms with van der Waals surface area (Å²) >= 11 is 4.65. The number of carbonyl (C=O) groups is 2. The van der Waals surface area contributed by atoms with Gasteiger partial charge in [-0.2, -0.15) is 0 Å². The van der Waals surface area contributed by atoms with Gasteiger partial charge in [0.1, 0.15) is 16.8 Å². The minimum Gasteiger partial charge on any atom is -0.497 e. The SMILES string of the molecule is COc1ccc(-c2nnc(NC(=O)C(Cc3ccccc3)NC(=O)Nc3ccccc3Br)s2)cc1. The molecule has 0 saturated carbocycles. The third-order valence-corrected chi connectivity index (χ3v) is 6.60. The van der Waals surface area contributed by atoms with E-state index in [1.54, 1.807) is 13.2 Å². The molecule has 4 rings (SSSR count). The van der Waals surface area contributed by atoms with Gasteiger partial charge in [0.25, 0.3) is 0 Å². The van der Waals surface area contributed by atoms with Gasteiger partial charge in [-0.3, -0.25) is 10.1 Å². The number of methoxy groups -OCH3 is 1. The van der Waals surface area contributed by atoms with E-state index in [1.807, 2.05) is 72.8 Å². The zero-order valence-corrected chi connectivity index (χ0v) is 21.1. The number of para-hydroxylation sites is 1. The van der Waals surface area contributed by atoms with Crippen LogP contribution in [0.3, 0.4) is 0 Å². The number of rotatable bonds is 8. The molecule has 1 heterocycles. The van der Waals surface area contributed by atoms with Crippen LogP contribution in [0, 0.1) is 0 Å². The molecule has 3 aromatic carbocycles. The van der Waals surface area contributed by atoms with E-state index in [1.165, 1.54) is 11.3 Å². The molecule has 1 atom stereocenters. The summed E-state index contributed by atoms with van der Waals surface area (Å²) in [5.41, 5.74) is 2.36. The molecule has 0 aliphatic carbocycles. The molecule has 0 aliphatic rings. The number of anilines is 2. The molecule has 10 heteroatoms. The standard InChI is InChI=1S/C25H22BrN5O3S/c1-34-18-13-11-17(12-14-18)23-30-31-25(35-23)29-22(32)21(15-16-7-3-2-4-8-16)28-24(33)27-20-10-6-5-9-19(20)26/h2-14,21H,15H2,1H3,(H2,27,28,33)(H,29,31,32). The van der Waals surface area contributed by atoms with Crippen LogP contribution in [0.4, 0.5) is 15.6 Å². The molecule has 0 radical (unpaired) electrons. The number of hydrogen-bond donors (Lipinski definition) is 3. The first-order chi connectivity index (χ1) is 17.0. The molecule has 178 valence electrons. The number of nitrogens with one attached hydrogen (secondary N) is 3. The summed E-state index contributed by atoms with van der Waals surface area (Å²) < 4.78 is 5.92. The molecule has 3 amide bonds. The molecule has 0 saturated heterocycles. The van der Waals surface area contributed by atoms with E-state index in [9.17, 15) is 9.59 Å². The highest BCUT2D eigenvalue weighted by Gasteiger charge is 2.23. The van der Waals surface area contributed by atoms with Crippen LogP contribution in [0.25, 0.3) is 10.6 Å². The fraction of sp³-hybridized carbons (Fsp3) is 0.120. The number of benzene rings is 3. The van der Waals surface area contributed by atoms with E-state index in [0.717, 1.165) is 21.3 Å². The largest absolute Gasteiger partial charge is 0.497 e. The van der Waals surface area contributed by atoms with Crippen LogP contribution in [0.5, 0.6) is 5.75 Å². The lowest BCUT2D eigenvalue weighted by Gasteiger charge is -2.18. The van der Waals surface area contributed by atoms with Gasteiger partial charge in [0.2, 0.25) is 11.0 Å². The summed E-state index contributed by atoms with van der Waals surface area (Å²) in [6.45, 7) is 0. The molecular formula is C25H22BrN5O3S. The summed E-state index contributed by atoms with van der Waals surface area (Å²) in [7, 11) is 1.60. The lowest BCUT2D eigenvalue weighted by molar-refractivity contribution is -0.117. The zero-order chi connectivity index (χ0) is 24.6. The normalized spacial score (nSPS) is 11.4. The van der Waals surface area contributed by atoms with Crippen LogP contribution in [-0.4, -0.2) is 35.3 Å². The van der Waals surface area contributed by atoms with Crippen LogP contribution in [0.15, 0.2) is 83.3 Å². The number of nitrogens with zero attached hydrogens (tertiary/aromatic N) is 2. The molecule has 35 heavy (non-hydrogen) atoms. The van der Waals surface area contributed by atoms with E-state index in [0.29, 0.717) is 22.2 Å². The number of aromatic nitrogens is 2. The first-order valence-electron chi connectivity index (χ1n) is 10.7. The Morgan fingerprint density at radius 3 is 2.37 bits per heavy atom. The Morgan fingerprint density at radius 2 is 1.66 bits per heavy atom. The second kappa shape index (κ2) is 11.6. The molecular weight excluding hydrogens is 530 g/mol. The first kappa shape index (κ1) is 24.4. The monoisotopic (exact) mass is 551 g/mol. The van der Waals surface area contributed by atoms with Gasteiger partial charge in [0.15, 0.2) is 0 Å². The molecule has 0 spiro atoms. The maximum absolute atomic E-state index is 13.2. The Balaban J connectivity index is 1.47. The molecule has 4 aromatic rings. The van der Waals surface area contributed by atoms with Gasteiger partial charge in [0, 0.05) is 16.5 Å². The Labute approximate surface area is 214 Å². The fourth-order valence-corrected chi connectivity index (χ4v) is 4.39. The molecule has 0 bridgehead atoms. The summed E-state index contributed by atoms with van der Waals surface area (Å²) in [6.07, 6.45) is 0.306. The number of carbonyl (C=O) groups excluding carboxylic acids is 2. The van der Waals surface area contributed by atoms with Crippen molar-refractivity contribution in [3.63, 3.8) is 0 Å². The average molecular weight is 552 g/mol. The zero-order valence-electron chi connectivity index (χ0n) is 18.7. The summed E-state index contributed by atoms with van der Waals surface area (Å²) in [6, 6.07) is 22.8. The van der Waals surface area contributed by atoms with Crippen molar-refractivity contribution >= 4 is 50.0 Å². The predicted molar refractivity (Wildman–Crippen MR) is 141 cm³/mol. The highest BCUT2D eigenvalue weighted by atomic mass is 79.9. The quantitative estimate of drug-likeness (QED) is 0.274. The number of ether oxygens (including phenoxy) is 1. The summed E-state index contributed by atoms with van der Waals surface area (Å²) in [5.74, 6) is 0.344. The van der Waals surface area contributed by atoms with Gasteiger partial charge >= 0.3 is 6.03 Å². The third kappa shape index (κ3) is 6.65. The number of amides is 3. The van der Waals surface area contributed by atoms with E-state index < -0.39 is 18.0 Å². The lowest BCUT2D eigenvalue weighted by Crippen LogP contribution is -2.47. The molecule has 3 N–H and O–H groups in total. The van der Waals surface area contributed by atoms with Gasteiger partial charge in [-0.1, -0.05) is 53.8 Å². The third-order valence-electron chi connectivity index (χ3n) is 5.02. The van der Waals surface area contributed by atoms with Crippen molar-refractivity contribution in [3.8, 4) is 16.3 Å². The van der Waals surface area contributed by atoms with Crippen molar-refractivity contribution in [1.29, 1.82) is 0 Å². The highest BCUT2D eigenvalue weighted by molar-refractivity contribution is 9.10. The van der Waals surface area contributed by atoms with Crippen LogP contribution >= 0.6 is 27.3 Å². The molecule has 0 aliphatic heterocycles. The Hall–Kier alpha value is -3.76. The minimum absolute atomic E-state index is 0.306. The van der Waals surface area contributed by atoms with E-state index in [-0.39, 0.29) is 0 Å². The Kier molecular flexibility index (Phi) is 8.07. The Morgan fingerprint density at radius 1 is 0.943 bits per heavy atom. The number of halogens is 1. The topological polar surface area (TPSA) is 105 Å². The first-order valence-corrected chi connectivity index (χ1v) is 12.3. The van der Waals surface area contributed by atoms with Crippen molar-refractivity contribution in [3.05, 3.63) is 88.9 Å². The van der Waals surface area contributed by atoms with Crippen LogP contribution in [0.2, 0.25) is 0 Å². The second-order valence-corrected chi connectivity index (χ2v) is 9.28. The smallest absolute Gasteiger partial charge is 0.319 e. The predicted octanol–water partition coefficient (Wildman–Crippen LogP) is 5.35. The maximum Gasteiger partial charge on any atom is 0.319 e. The molecule has 1 aromatic heterocycles. The van der Waals surface area contributed by atoms with Crippen molar-refractivity contribution in [2.24, 2.45) is 0 Å². The maximum atomic E-state index is 13.2. The number of urea groups is 1. The van der Waals surface area contributed by atoms with Crippen LogP contribution < -0.4 is 20.7 Å². The lowest BCUT2D eigenvalue weighted by atomic mass is 10.1. The Bertz CT molecular complexity index is 1300. The van der Waals surface area contributed by atoms with E-state index in [2.05, 4.69) is 42.1 Å². The van der Waals surface area contributed by atoms with Gasteiger partial charge in [-0.25, -0.2) is 4.79 Å². The van der Waals surface area contributed by atoms with E-state index in [4.69, 9.17) is 4.74 Å². The van der Waals surface area contributed by atoms with Gasteiger partial charge in [0.05, 0.1) is 12.8 Å². The molecule has 0 fully saturated rings. The fourth-order valence-electron chi connectivity index (χ4n) is 3.25. The summed E-state index contributed by atoms with van der Waals surface area (Å²) in [5, 5.41) is 17.6. The highest BCUT2D eigenvalue weighted by Crippen LogP contribution is 2.28. The summed E-state index contributed by atoms with van der Waals surface area (Å²) in [4.78, 5) is 25.9. The molecule has 1 unspecified atom stereocenters. The second-order valence-electron chi connectivity index (χ2n) is 7.45. The van der Waals surface area contributed by atoms with Crippen molar-refractivity contribution in [1.82, 2.24) is 15.5 Å². The average Bonchev–Trinajstić information content (AvgIpc) is 3.34. The molecule has 8 nitrogen and oxygen atoms in total. The van der Waals surface area contributed by atoms with Crippen LogP contribution in [0.1, 0.15) is 5.56 Å². The van der Waals surface area contributed by atoms with Gasteiger partial charge < -0.3 is 15.4 Å². The van der Waals surface area contributed by atoms with Crippen molar-refractivity contribution in [2.45, 2.75) is 12.5 Å². The van der Waals surface area contributed by atoms with E-state index >= 15 is 0 Å². The van der Waals surface area contributed by atoms with Crippen molar-refractivity contribution < 1.29 is 14.3 Å². The van der Waals surface area contributed by atoms with Gasteiger partial charge in [-0.05, 0) is 57.9 Å². The van der Waals surface area contributed by atoms with Crippen molar-refractivity contribution in [2.75, 3.05) is 17.7 Å².